The summed E-state index contributed by atoms with van der Waals surface area (Å²) < 4.78 is 10.5. The molecular weight excluding hydrogens is 368 g/mol. The van der Waals surface area contributed by atoms with Crippen LogP contribution in [0, 0.1) is 6.92 Å². The number of carbonyl (C=O) groups is 1. The van der Waals surface area contributed by atoms with E-state index >= 15 is 0 Å². The van der Waals surface area contributed by atoms with Gasteiger partial charge in [0.1, 0.15) is 28.8 Å². The van der Waals surface area contributed by atoms with Gasteiger partial charge < -0.3 is 19.7 Å². The fraction of sp³-hybridized carbons (Fsp3) is 0.421. The number of carbonyl (C=O) groups excluding carboxylic acids is 1. The molecule has 27 heavy (non-hydrogen) atoms. The minimum absolute atomic E-state index is 0.275. The third kappa shape index (κ3) is 5.23. The van der Waals surface area contributed by atoms with E-state index in [2.05, 4.69) is 22.2 Å². The SMILES string of the molecule is CCCCN(C)c1cc(C(=O)Nc2cc(OC)c(Cl)cc2OC)nc(C)n1. The summed E-state index contributed by atoms with van der Waals surface area (Å²) in [6, 6.07) is 4.88. The Kier molecular flexibility index (Phi) is 7.24. The van der Waals surface area contributed by atoms with Crippen molar-refractivity contribution in [3.8, 4) is 11.5 Å². The number of anilines is 2. The predicted molar refractivity (Wildman–Crippen MR) is 107 cm³/mol. The predicted octanol–water partition coefficient (Wildman–Crippen LogP) is 3.94. The topological polar surface area (TPSA) is 76.6 Å². The van der Waals surface area contributed by atoms with Crippen molar-refractivity contribution < 1.29 is 14.3 Å². The Hall–Kier alpha value is -2.54. The molecule has 146 valence electrons. The van der Waals surface area contributed by atoms with Gasteiger partial charge in [0.05, 0.1) is 24.9 Å². The van der Waals surface area contributed by atoms with Gasteiger partial charge in [0.15, 0.2) is 0 Å². The van der Waals surface area contributed by atoms with Crippen LogP contribution in [0.3, 0.4) is 0 Å². The lowest BCUT2D eigenvalue weighted by Crippen LogP contribution is -2.22. The zero-order chi connectivity index (χ0) is 20.0. The summed E-state index contributed by atoms with van der Waals surface area (Å²) in [5.74, 6) is 1.74. The van der Waals surface area contributed by atoms with Crippen LogP contribution in [0.1, 0.15) is 36.1 Å². The first-order valence-corrected chi connectivity index (χ1v) is 9.07. The molecule has 1 heterocycles. The smallest absolute Gasteiger partial charge is 0.274 e. The number of amides is 1. The van der Waals surface area contributed by atoms with Gasteiger partial charge in [-0.3, -0.25) is 4.79 Å². The first-order valence-electron chi connectivity index (χ1n) is 8.69. The van der Waals surface area contributed by atoms with Gasteiger partial charge in [0.2, 0.25) is 0 Å². The summed E-state index contributed by atoms with van der Waals surface area (Å²) in [6.07, 6.45) is 2.13. The molecule has 7 nitrogen and oxygen atoms in total. The molecule has 0 aliphatic rings. The molecule has 1 N–H and O–H groups in total. The van der Waals surface area contributed by atoms with Crippen molar-refractivity contribution in [2.75, 3.05) is 38.0 Å². The van der Waals surface area contributed by atoms with Crippen LogP contribution in [0.15, 0.2) is 18.2 Å². The Labute approximate surface area is 164 Å². The quantitative estimate of drug-likeness (QED) is 0.733. The standard InChI is InChI=1S/C19H25ClN4O3/c1-6-7-8-24(3)18-11-15(21-12(2)22-18)19(25)23-14-10-16(26-4)13(20)9-17(14)27-5/h9-11H,6-8H2,1-5H3,(H,23,25). The van der Waals surface area contributed by atoms with Crippen molar-refractivity contribution >= 4 is 29.0 Å². The van der Waals surface area contributed by atoms with Crippen LogP contribution in [0.5, 0.6) is 11.5 Å². The van der Waals surface area contributed by atoms with E-state index in [4.69, 9.17) is 21.1 Å². The van der Waals surface area contributed by atoms with E-state index in [1.807, 2.05) is 11.9 Å². The maximum atomic E-state index is 12.8. The second-order valence-corrected chi connectivity index (χ2v) is 6.48. The van der Waals surface area contributed by atoms with Gasteiger partial charge in [-0.05, 0) is 13.3 Å². The van der Waals surface area contributed by atoms with Crippen LogP contribution in [0.2, 0.25) is 5.02 Å². The van der Waals surface area contributed by atoms with Crippen LogP contribution in [-0.2, 0) is 0 Å². The number of methoxy groups -OCH3 is 2. The molecule has 0 bridgehead atoms. The number of benzene rings is 1. The average Bonchev–Trinajstić information content (AvgIpc) is 2.66. The summed E-state index contributed by atoms with van der Waals surface area (Å²) in [4.78, 5) is 23.5. The van der Waals surface area contributed by atoms with Crippen molar-refractivity contribution in [3.63, 3.8) is 0 Å². The minimum atomic E-state index is -0.367. The number of nitrogens with zero attached hydrogens (tertiary/aromatic N) is 3. The fourth-order valence-electron chi connectivity index (χ4n) is 2.52. The summed E-state index contributed by atoms with van der Waals surface area (Å²) in [5, 5.41) is 3.20. The summed E-state index contributed by atoms with van der Waals surface area (Å²) in [7, 11) is 4.96. The molecule has 0 fully saturated rings. The molecule has 1 aromatic carbocycles. The van der Waals surface area contributed by atoms with Crippen molar-refractivity contribution in [1.29, 1.82) is 0 Å². The highest BCUT2D eigenvalue weighted by atomic mass is 35.5. The van der Waals surface area contributed by atoms with Crippen LogP contribution in [0.25, 0.3) is 0 Å². The number of hydrogen-bond donors (Lipinski definition) is 1. The lowest BCUT2D eigenvalue weighted by Gasteiger charge is -2.19. The van der Waals surface area contributed by atoms with Crippen LogP contribution in [-0.4, -0.2) is 43.7 Å². The van der Waals surface area contributed by atoms with Crippen molar-refractivity contribution in [3.05, 3.63) is 34.7 Å². The second-order valence-electron chi connectivity index (χ2n) is 6.07. The van der Waals surface area contributed by atoms with E-state index in [-0.39, 0.29) is 11.6 Å². The first kappa shape index (κ1) is 20.8. The Morgan fingerprint density at radius 2 is 1.89 bits per heavy atom. The number of unbranched alkanes of at least 4 members (excludes halogenated alkanes) is 1. The Morgan fingerprint density at radius 1 is 1.19 bits per heavy atom. The first-order chi connectivity index (χ1) is 12.9. The highest BCUT2D eigenvalue weighted by molar-refractivity contribution is 6.32. The third-order valence-electron chi connectivity index (χ3n) is 4.02. The molecule has 0 spiro atoms. The molecule has 0 aliphatic heterocycles. The molecule has 0 radical (unpaired) electrons. The number of halogens is 1. The molecular formula is C19H25ClN4O3. The minimum Gasteiger partial charge on any atom is -0.495 e. The van der Waals surface area contributed by atoms with Crippen LogP contribution >= 0.6 is 11.6 Å². The van der Waals surface area contributed by atoms with E-state index < -0.39 is 0 Å². The summed E-state index contributed by atoms with van der Waals surface area (Å²) in [6.45, 7) is 4.75. The Balaban J connectivity index is 2.29. The van der Waals surface area contributed by atoms with Gasteiger partial charge in [0.25, 0.3) is 5.91 Å². The van der Waals surface area contributed by atoms with E-state index in [0.717, 1.165) is 19.4 Å². The highest BCUT2D eigenvalue weighted by Crippen LogP contribution is 2.36. The van der Waals surface area contributed by atoms with E-state index in [1.165, 1.54) is 14.2 Å². The van der Waals surface area contributed by atoms with Crippen molar-refractivity contribution in [2.24, 2.45) is 0 Å². The van der Waals surface area contributed by atoms with E-state index in [1.54, 1.807) is 25.1 Å². The largest absolute Gasteiger partial charge is 0.495 e. The van der Waals surface area contributed by atoms with Gasteiger partial charge >= 0.3 is 0 Å². The maximum absolute atomic E-state index is 12.8. The van der Waals surface area contributed by atoms with Gasteiger partial charge in [-0.2, -0.15) is 0 Å². The van der Waals surface area contributed by atoms with Crippen molar-refractivity contribution in [2.45, 2.75) is 26.7 Å². The summed E-state index contributed by atoms with van der Waals surface area (Å²) >= 11 is 6.11. The zero-order valence-corrected chi connectivity index (χ0v) is 17.1. The van der Waals surface area contributed by atoms with Gasteiger partial charge in [-0.1, -0.05) is 24.9 Å². The third-order valence-corrected chi connectivity index (χ3v) is 4.31. The number of rotatable bonds is 8. The molecule has 0 saturated heterocycles. The molecule has 0 saturated carbocycles. The number of ether oxygens (including phenoxy) is 2. The van der Waals surface area contributed by atoms with Crippen LogP contribution in [0.4, 0.5) is 11.5 Å². The highest BCUT2D eigenvalue weighted by Gasteiger charge is 2.17. The Morgan fingerprint density at radius 3 is 2.52 bits per heavy atom. The second kappa shape index (κ2) is 9.41. The lowest BCUT2D eigenvalue weighted by atomic mass is 10.2. The molecule has 8 heteroatoms. The molecule has 1 aromatic heterocycles. The fourth-order valence-corrected chi connectivity index (χ4v) is 2.75. The molecule has 2 rings (SSSR count). The van der Waals surface area contributed by atoms with Crippen LogP contribution < -0.4 is 19.7 Å². The molecule has 1 amide bonds. The van der Waals surface area contributed by atoms with Gasteiger partial charge in [0, 0.05) is 31.8 Å². The number of aromatic nitrogens is 2. The lowest BCUT2D eigenvalue weighted by molar-refractivity contribution is 0.102. The average molecular weight is 393 g/mol. The zero-order valence-electron chi connectivity index (χ0n) is 16.3. The van der Waals surface area contributed by atoms with E-state index in [0.29, 0.717) is 33.9 Å². The van der Waals surface area contributed by atoms with Gasteiger partial charge in [-0.15, -0.1) is 0 Å². The van der Waals surface area contributed by atoms with E-state index in [9.17, 15) is 4.79 Å². The Bertz CT molecular complexity index is 814. The maximum Gasteiger partial charge on any atom is 0.274 e. The summed E-state index contributed by atoms with van der Waals surface area (Å²) in [5.41, 5.74) is 0.720. The number of hydrogen-bond acceptors (Lipinski definition) is 6. The molecule has 0 atom stereocenters. The monoisotopic (exact) mass is 392 g/mol. The normalized spacial score (nSPS) is 10.4. The van der Waals surface area contributed by atoms with Gasteiger partial charge in [-0.25, -0.2) is 9.97 Å². The molecule has 0 unspecified atom stereocenters. The molecule has 2 aromatic rings. The van der Waals surface area contributed by atoms with Crippen molar-refractivity contribution in [1.82, 2.24) is 9.97 Å². The molecule has 0 aliphatic carbocycles. The number of nitrogens with one attached hydrogen (secondary N) is 1. The number of aryl methyl sites for hydroxylation is 1.